The number of nitrogens with zero attached hydrogens (tertiary/aromatic N) is 2. The highest BCUT2D eigenvalue weighted by Gasteiger charge is 2.19. The van der Waals surface area contributed by atoms with E-state index in [1.807, 2.05) is 0 Å². The summed E-state index contributed by atoms with van der Waals surface area (Å²) >= 11 is 0. The molecule has 0 saturated carbocycles. The van der Waals surface area contributed by atoms with Gasteiger partial charge in [0.25, 0.3) is 0 Å². The fourth-order valence-corrected chi connectivity index (χ4v) is 5.30. The predicted octanol–water partition coefficient (Wildman–Crippen LogP) is 11.0. The molecule has 0 bridgehead atoms. The molecule has 0 saturated heterocycles. The summed E-state index contributed by atoms with van der Waals surface area (Å²) in [6.45, 7) is 8.54. The maximum atomic E-state index is 2.37. The van der Waals surface area contributed by atoms with Crippen molar-refractivity contribution in [2.75, 3.05) is 9.80 Å². The van der Waals surface area contributed by atoms with Crippen LogP contribution in [0.2, 0.25) is 0 Å². The Labute approximate surface area is 237 Å². The quantitative estimate of drug-likeness (QED) is 0.216. The van der Waals surface area contributed by atoms with E-state index in [9.17, 15) is 0 Å². The van der Waals surface area contributed by atoms with Gasteiger partial charge in [-0.1, -0.05) is 95.1 Å². The third-order valence-corrected chi connectivity index (χ3v) is 7.53. The zero-order chi connectivity index (χ0) is 27.6. The lowest BCUT2D eigenvalue weighted by Crippen LogP contribution is -2.12. The van der Waals surface area contributed by atoms with Gasteiger partial charge < -0.3 is 9.80 Å². The highest BCUT2D eigenvalue weighted by atomic mass is 15.2. The van der Waals surface area contributed by atoms with Gasteiger partial charge in [0.1, 0.15) is 0 Å². The molecule has 0 aliphatic rings. The van der Waals surface area contributed by atoms with Gasteiger partial charge in [-0.05, 0) is 88.4 Å². The van der Waals surface area contributed by atoms with Gasteiger partial charge in [0, 0.05) is 33.5 Å². The zero-order valence-corrected chi connectivity index (χ0v) is 23.6. The highest BCUT2D eigenvalue weighted by molar-refractivity contribution is 6.06. The Morgan fingerprint density at radius 1 is 0.300 bits per heavy atom. The molecule has 0 aliphatic carbocycles. The molecule has 2 nitrogen and oxygen atoms in total. The van der Waals surface area contributed by atoms with Gasteiger partial charge in [0.05, 0.1) is 11.4 Å². The molecule has 0 N–H and O–H groups in total. The molecule has 6 aromatic rings. The van der Waals surface area contributed by atoms with Gasteiger partial charge in [-0.25, -0.2) is 0 Å². The lowest BCUT2D eigenvalue weighted by molar-refractivity contribution is 1.27. The first-order valence-corrected chi connectivity index (χ1v) is 13.9. The van der Waals surface area contributed by atoms with E-state index in [1.165, 1.54) is 33.0 Å². The third-order valence-electron chi connectivity index (χ3n) is 7.53. The lowest BCUT2D eigenvalue weighted by atomic mass is 10.0. The van der Waals surface area contributed by atoms with Gasteiger partial charge >= 0.3 is 0 Å². The van der Waals surface area contributed by atoms with Crippen molar-refractivity contribution in [1.82, 2.24) is 0 Å². The Morgan fingerprint density at radius 3 is 0.800 bits per heavy atom. The number of hydrogen-bond donors (Lipinski definition) is 0. The van der Waals surface area contributed by atoms with Crippen molar-refractivity contribution < 1.29 is 0 Å². The second-order valence-corrected chi connectivity index (χ2v) is 10.7. The van der Waals surface area contributed by atoms with Crippen LogP contribution in [0.4, 0.5) is 34.1 Å². The maximum Gasteiger partial charge on any atom is 0.0540 e. The molecule has 0 aromatic heterocycles. The van der Waals surface area contributed by atoms with Crippen molar-refractivity contribution in [3.8, 4) is 0 Å². The first kappa shape index (κ1) is 25.5. The molecule has 0 radical (unpaired) electrons. The van der Waals surface area contributed by atoms with E-state index in [2.05, 4.69) is 171 Å². The van der Waals surface area contributed by atoms with Crippen molar-refractivity contribution in [3.63, 3.8) is 0 Å². The molecule has 6 aromatic carbocycles. The minimum atomic E-state index is 1.14. The Hall–Kier alpha value is -4.82. The third kappa shape index (κ3) is 4.97. The summed E-state index contributed by atoms with van der Waals surface area (Å²) in [6, 6.07) is 48.5. The van der Waals surface area contributed by atoms with E-state index in [-0.39, 0.29) is 0 Å². The van der Waals surface area contributed by atoms with E-state index in [4.69, 9.17) is 0 Å². The zero-order valence-electron chi connectivity index (χ0n) is 23.6. The summed E-state index contributed by atoms with van der Waals surface area (Å²) in [5.41, 5.74) is 11.9. The maximum absolute atomic E-state index is 2.37. The second-order valence-electron chi connectivity index (χ2n) is 10.7. The van der Waals surface area contributed by atoms with Crippen LogP contribution in [0.1, 0.15) is 22.3 Å². The molecule has 0 unspecified atom stereocenters. The van der Waals surface area contributed by atoms with Gasteiger partial charge in [-0.15, -0.1) is 0 Å². The summed E-state index contributed by atoms with van der Waals surface area (Å²) in [6.07, 6.45) is 0. The molecule has 40 heavy (non-hydrogen) atoms. The molecule has 0 amide bonds. The van der Waals surface area contributed by atoms with Gasteiger partial charge in [0.2, 0.25) is 0 Å². The average Bonchev–Trinajstić information content (AvgIpc) is 2.97. The molecule has 6 rings (SSSR count). The SMILES string of the molecule is Cc1ccc(N(c2ccc(C)cc2)c2cccc3c(N(c4ccc(C)cc4)c4ccc(C)cc4)cccc23)cc1. The molecule has 0 atom stereocenters. The summed E-state index contributed by atoms with van der Waals surface area (Å²) < 4.78 is 0. The lowest BCUT2D eigenvalue weighted by Gasteiger charge is -2.30. The number of aryl methyl sites for hydroxylation is 4. The molecule has 0 heterocycles. The number of anilines is 6. The largest absolute Gasteiger partial charge is 0.310 e. The number of benzene rings is 6. The van der Waals surface area contributed by atoms with Crippen LogP contribution in [0.15, 0.2) is 133 Å². The minimum Gasteiger partial charge on any atom is -0.310 e. The average molecular weight is 519 g/mol. The van der Waals surface area contributed by atoms with Gasteiger partial charge in [-0.2, -0.15) is 0 Å². The molecule has 2 heteroatoms. The Balaban J connectivity index is 1.58. The first-order chi connectivity index (χ1) is 19.5. The first-order valence-electron chi connectivity index (χ1n) is 13.9. The predicted molar refractivity (Wildman–Crippen MR) is 172 cm³/mol. The van der Waals surface area contributed by atoms with Gasteiger partial charge in [-0.3, -0.25) is 0 Å². The standard InChI is InChI=1S/C38H34N2/c1-27-11-19-31(20-12-27)39(32-21-13-28(2)14-22-32)37-9-5-8-36-35(37)7-6-10-38(36)40(33-23-15-29(3)16-24-33)34-25-17-30(4)18-26-34/h5-26H,1-4H3. The van der Waals surface area contributed by atoms with E-state index in [0.29, 0.717) is 0 Å². The molecular formula is C38H34N2. The number of rotatable bonds is 6. The number of hydrogen-bond acceptors (Lipinski definition) is 2. The van der Waals surface area contributed by atoms with E-state index >= 15 is 0 Å². The van der Waals surface area contributed by atoms with Crippen molar-refractivity contribution >= 4 is 44.9 Å². The molecule has 0 aliphatic heterocycles. The normalized spacial score (nSPS) is 11.0. The van der Waals surface area contributed by atoms with Crippen LogP contribution >= 0.6 is 0 Å². The van der Waals surface area contributed by atoms with Crippen LogP contribution in [0, 0.1) is 27.7 Å². The number of fused-ring (bicyclic) bond motifs is 1. The molecule has 0 fully saturated rings. The summed E-state index contributed by atoms with van der Waals surface area (Å²) in [5.74, 6) is 0. The Bertz CT molecular complexity index is 1520. The van der Waals surface area contributed by atoms with E-state index < -0.39 is 0 Å². The van der Waals surface area contributed by atoms with Crippen molar-refractivity contribution in [2.24, 2.45) is 0 Å². The molecule has 196 valence electrons. The topological polar surface area (TPSA) is 6.48 Å². The van der Waals surface area contributed by atoms with E-state index in [0.717, 1.165) is 34.1 Å². The Morgan fingerprint density at radius 2 is 0.550 bits per heavy atom. The van der Waals surface area contributed by atoms with Gasteiger partial charge in [0.15, 0.2) is 0 Å². The van der Waals surface area contributed by atoms with Crippen LogP contribution in [0.5, 0.6) is 0 Å². The van der Waals surface area contributed by atoms with Crippen molar-refractivity contribution in [1.29, 1.82) is 0 Å². The smallest absolute Gasteiger partial charge is 0.0540 e. The fourth-order valence-electron chi connectivity index (χ4n) is 5.30. The minimum absolute atomic E-state index is 1.14. The van der Waals surface area contributed by atoms with E-state index in [1.54, 1.807) is 0 Å². The van der Waals surface area contributed by atoms with Crippen LogP contribution in [0.25, 0.3) is 10.8 Å². The molecule has 0 spiro atoms. The summed E-state index contributed by atoms with van der Waals surface area (Å²) in [7, 11) is 0. The van der Waals surface area contributed by atoms with Crippen LogP contribution < -0.4 is 9.80 Å². The summed E-state index contributed by atoms with van der Waals surface area (Å²) in [5, 5.41) is 2.40. The van der Waals surface area contributed by atoms with Crippen molar-refractivity contribution in [2.45, 2.75) is 27.7 Å². The second kappa shape index (κ2) is 10.7. The highest BCUT2D eigenvalue weighted by Crippen LogP contribution is 2.44. The fraction of sp³-hybridized carbons (Fsp3) is 0.105. The van der Waals surface area contributed by atoms with Crippen LogP contribution in [-0.4, -0.2) is 0 Å². The monoisotopic (exact) mass is 518 g/mol. The van der Waals surface area contributed by atoms with Crippen LogP contribution in [-0.2, 0) is 0 Å². The molecular weight excluding hydrogens is 484 g/mol. The Kier molecular flexibility index (Phi) is 6.84. The van der Waals surface area contributed by atoms with Crippen molar-refractivity contribution in [3.05, 3.63) is 156 Å². The van der Waals surface area contributed by atoms with Crippen LogP contribution in [0.3, 0.4) is 0 Å². The summed E-state index contributed by atoms with van der Waals surface area (Å²) in [4.78, 5) is 4.74.